The minimum absolute atomic E-state index is 0.0320. The number of amides is 2. The standard InChI is InChI=1S/C26H38N2O5S/c1-3-4-14-27-15-11-13-26-19(22(30)28(16-8-9-17-29)21(26)23(27)31)20-24(32)33-18-10-6-5-7-12-25(20,2)34-26/h7,11-13,19-21,29H,3-6,8-10,14-18H2,1-2H3/b12-7-/t19-,20+,21?,25-,26-/m0/s1. The number of aliphatic hydroxyl groups is 1. The van der Waals surface area contributed by atoms with Gasteiger partial charge in [-0.05, 0) is 45.4 Å². The Morgan fingerprint density at radius 2 is 1.88 bits per heavy atom. The van der Waals surface area contributed by atoms with Crippen LogP contribution in [0.15, 0.2) is 24.3 Å². The molecule has 0 aromatic carbocycles. The number of likely N-dealkylation sites (tertiary alicyclic amines) is 1. The molecule has 0 aromatic heterocycles. The fourth-order valence-electron chi connectivity index (χ4n) is 6.03. The SMILES string of the molecule is CCCCN1CC=C[C@]23S[C@@]4(C)/C=C\CCCCOC(=O)[C@H]4[C@H]2C(=O)N(CCCCO)C3C1=O. The van der Waals surface area contributed by atoms with Crippen LogP contribution in [0.3, 0.4) is 0 Å². The number of aliphatic hydroxyl groups excluding tert-OH is 1. The molecular formula is C26H38N2O5S. The maximum Gasteiger partial charge on any atom is 0.311 e. The Balaban J connectivity index is 1.79. The molecule has 1 N–H and O–H groups in total. The normalized spacial score (nSPS) is 36.6. The number of rotatable bonds is 7. The van der Waals surface area contributed by atoms with Gasteiger partial charge in [0, 0.05) is 31.0 Å². The quantitative estimate of drug-likeness (QED) is 0.335. The molecule has 4 rings (SSSR count). The Kier molecular flexibility index (Phi) is 7.77. The summed E-state index contributed by atoms with van der Waals surface area (Å²) in [5, 5.41) is 9.30. The van der Waals surface area contributed by atoms with Gasteiger partial charge < -0.3 is 19.6 Å². The molecule has 4 heterocycles. The molecule has 0 aliphatic carbocycles. The van der Waals surface area contributed by atoms with Crippen LogP contribution in [0.5, 0.6) is 0 Å². The number of carbonyl (C=O) groups excluding carboxylic acids is 3. The molecule has 7 nitrogen and oxygen atoms in total. The first-order valence-electron chi connectivity index (χ1n) is 12.8. The third kappa shape index (κ3) is 4.32. The van der Waals surface area contributed by atoms with Gasteiger partial charge in [0.2, 0.25) is 11.8 Å². The van der Waals surface area contributed by atoms with E-state index >= 15 is 0 Å². The summed E-state index contributed by atoms with van der Waals surface area (Å²) >= 11 is 1.60. The molecule has 1 spiro atoms. The van der Waals surface area contributed by atoms with E-state index in [2.05, 4.69) is 25.2 Å². The zero-order chi connectivity index (χ0) is 24.3. The summed E-state index contributed by atoms with van der Waals surface area (Å²) < 4.78 is 4.24. The van der Waals surface area contributed by atoms with Crippen molar-refractivity contribution >= 4 is 29.5 Å². The summed E-state index contributed by atoms with van der Waals surface area (Å²) in [6, 6.07) is -0.653. The van der Waals surface area contributed by atoms with Crippen molar-refractivity contribution < 1.29 is 24.2 Å². The summed E-state index contributed by atoms with van der Waals surface area (Å²) in [6.45, 7) is 6.11. The first kappa shape index (κ1) is 25.3. The second-order valence-corrected chi connectivity index (χ2v) is 11.9. The van der Waals surface area contributed by atoms with Crippen molar-refractivity contribution in [1.29, 1.82) is 0 Å². The van der Waals surface area contributed by atoms with Crippen LogP contribution in [-0.2, 0) is 19.1 Å². The lowest BCUT2D eigenvalue weighted by molar-refractivity contribution is -0.154. The van der Waals surface area contributed by atoms with Crippen molar-refractivity contribution in [2.45, 2.75) is 74.3 Å². The van der Waals surface area contributed by atoms with E-state index in [9.17, 15) is 19.5 Å². The largest absolute Gasteiger partial charge is 0.465 e. The Labute approximate surface area is 206 Å². The number of unbranched alkanes of at least 4 members (excludes halogenated alkanes) is 2. The van der Waals surface area contributed by atoms with E-state index in [-0.39, 0.29) is 24.4 Å². The number of ether oxygens (including phenoxy) is 1. The summed E-state index contributed by atoms with van der Waals surface area (Å²) in [5.41, 5.74) is 0. The molecule has 4 aliphatic heterocycles. The molecule has 5 atom stereocenters. The third-order valence-electron chi connectivity index (χ3n) is 7.67. The van der Waals surface area contributed by atoms with E-state index < -0.39 is 27.4 Å². The Bertz CT molecular complexity index is 860. The monoisotopic (exact) mass is 490 g/mol. The van der Waals surface area contributed by atoms with Crippen molar-refractivity contribution in [3.05, 3.63) is 24.3 Å². The molecule has 188 valence electrons. The number of carbonyl (C=O) groups is 3. The number of fused-ring (bicyclic) bond motifs is 2. The summed E-state index contributed by atoms with van der Waals surface area (Å²) in [7, 11) is 0. The number of hydrogen-bond acceptors (Lipinski definition) is 6. The second kappa shape index (κ2) is 10.4. The molecule has 4 aliphatic rings. The average Bonchev–Trinajstić information content (AvgIpc) is 3.13. The predicted molar refractivity (Wildman–Crippen MR) is 132 cm³/mol. The molecule has 1 unspecified atom stereocenters. The first-order valence-corrected chi connectivity index (χ1v) is 13.6. The second-order valence-electron chi connectivity index (χ2n) is 10.1. The fraction of sp³-hybridized carbons (Fsp3) is 0.731. The summed E-state index contributed by atoms with van der Waals surface area (Å²) in [6.07, 6.45) is 14.0. The highest BCUT2D eigenvalue weighted by Crippen LogP contribution is 2.65. The molecule has 2 amide bonds. The van der Waals surface area contributed by atoms with Gasteiger partial charge in [-0.2, -0.15) is 0 Å². The van der Waals surface area contributed by atoms with Crippen LogP contribution in [0.25, 0.3) is 0 Å². The van der Waals surface area contributed by atoms with Gasteiger partial charge in [-0.25, -0.2) is 0 Å². The van der Waals surface area contributed by atoms with Crippen LogP contribution in [0, 0.1) is 11.8 Å². The third-order valence-corrected chi connectivity index (χ3v) is 9.47. The van der Waals surface area contributed by atoms with E-state index in [1.54, 1.807) is 16.7 Å². The molecular weight excluding hydrogens is 452 g/mol. The molecule has 0 radical (unpaired) electrons. The lowest BCUT2D eigenvalue weighted by Gasteiger charge is -2.37. The van der Waals surface area contributed by atoms with Gasteiger partial charge in [-0.3, -0.25) is 14.4 Å². The van der Waals surface area contributed by atoms with Gasteiger partial charge in [-0.15, -0.1) is 11.8 Å². The topological polar surface area (TPSA) is 87.2 Å². The molecule has 34 heavy (non-hydrogen) atoms. The van der Waals surface area contributed by atoms with Crippen LogP contribution in [-0.4, -0.2) is 81.1 Å². The lowest BCUT2D eigenvalue weighted by Crippen LogP contribution is -2.53. The van der Waals surface area contributed by atoms with Gasteiger partial charge >= 0.3 is 5.97 Å². The van der Waals surface area contributed by atoms with E-state index in [0.717, 1.165) is 32.1 Å². The van der Waals surface area contributed by atoms with Crippen molar-refractivity contribution in [3.63, 3.8) is 0 Å². The van der Waals surface area contributed by atoms with E-state index in [1.807, 2.05) is 17.9 Å². The Hall–Kier alpha value is -1.80. The van der Waals surface area contributed by atoms with Gasteiger partial charge in [0.15, 0.2) is 0 Å². The van der Waals surface area contributed by atoms with Gasteiger partial charge in [-0.1, -0.05) is 37.6 Å². The molecule has 0 aromatic rings. The van der Waals surface area contributed by atoms with Crippen molar-refractivity contribution in [3.8, 4) is 0 Å². The zero-order valence-corrected chi connectivity index (χ0v) is 21.2. The van der Waals surface area contributed by atoms with Crippen LogP contribution < -0.4 is 0 Å². The number of nitrogens with zero attached hydrogens (tertiary/aromatic N) is 2. The zero-order valence-electron chi connectivity index (χ0n) is 20.4. The van der Waals surface area contributed by atoms with E-state index in [1.165, 1.54) is 0 Å². The van der Waals surface area contributed by atoms with Crippen LogP contribution in [0.2, 0.25) is 0 Å². The molecule has 2 fully saturated rings. The predicted octanol–water partition coefficient (Wildman–Crippen LogP) is 2.93. The average molecular weight is 491 g/mol. The maximum atomic E-state index is 14.0. The van der Waals surface area contributed by atoms with E-state index in [0.29, 0.717) is 39.1 Å². The lowest BCUT2D eigenvalue weighted by atomic mass is 9.74. The van der Waals surface area contributed by atoms with Crippen molar-refractivity contribution in [1.82, 2.24) is 9.80 Å². The first-order chi connectivity index (χ1) is 16.4. The highest BCUT2D eigenvalue weighted by Gasteiger charge is 2.73. The Morgan fingerprint density at radius 1 is 1.06 bits per heavy atom. The molecule has 8 heteroatoms. The van der Waals surface area contributed by atoms with E-state index in [4.69, 9.17) is 4.74 Å². The minimum atomic E-state index is -0.814. The molecule has 0 saturated carbocycles. The van der Waals surface area contributed by atoms with Crippen molar-refractivity contribution in [2.75, 3.05) is 32.8 Å². The minimum Gasteiger partial charge on any atom is -0.465 e. The maximum absolute atomic E-state index is 14.0. The molecule has 0 bridgehead atoms. The fourth-order valence-corrected chi connectivity index (χ4v) is 8.18. The number of allylic oxidation sites excluding steroid dienone is 1. The number of thioether (sulfide) groups is 1. The smallest absolute Gasteiger partial charge is 0.311 e. The van der Waals surface area contributed by atoms with Crippen LogP contribution in [0.1, 0.15) is 58.8 Å². The molecule has 2 saturated heterocycles. The van der Waals surface area contributed by atoms with Gasteiger partial charge in [0.05, 0.1) is 23.2 Å². The summed E-state index contributed by atoms with van der Waals surface area (Å²) in [4.78, 5) is 45.0. The highest BCUT2D eigenvalue weighted by molar-refractivity contribution is 8.02. The van der Waals surface area contributed by atoms with Gasteiger partial charge in [0.25, 0.3) is 0 Å². The van der Waals surface area contributed by atoms with Gasteiger partial charge in [0.1, 0.15) is 6.04 Å². The number of esters is 1. The number of cyclic esters (lactones) is 1. The highest BCUT2D eigenvalue weighted by atomic mass is 32.2. The summed E-state index contributed by atoms with van der Waals surface area (Å²) in [5.74, 6) is -1.80. The van der Waals surface area contributed by atoms with Crippen LogP contribution in [0.4, 0.5) is 0 Å². The van der Waals surface area contributed by atoms with Crippen LogP contribution >= 0.6 is 11.8 Å². The Morgan fingerprint density at radius 3 is 2.65 bits per heavy atom. The number of hydrogen-bond donors (Lipinski definition) is 1. The van der Waals surface area contributed by atoms with Crippen molar-refractivity contribution in [2.24, 2.45) is 11.8 Å².